The minimum Gasteiger partial charge on any atom is -0.493 e. The minimum atomic E-state index is -0.228. The topological polar surface area (TPSA) is 69.3 Å². The molecule has 0 spiro atoms. The third kappa shape index (κ3) is 6.73. The molecule has 1 fully saturated rings. The fraction of sp³-hybridized carbons (Fsp3) is 0.296. The van der Waals surface area contributed by atoms with Crippen molar-refractivity contribution < 1.29 is 23.7 Å². The molecule has 1 saturated heterocycles. The summed E-state index contributed by atoms with van der Waals surface area (Å²) in [4.78, 5) is 15.1. The van der Waals surface area contributed by atoms with Gasteiger partial charge in [-0.2, -0.15) is 0 Å². The number of morpholine rings is 1. The Bertz CT molecular complexity index is 1050. The highest BCUT2D eigenvalue weighted by molar-refractivity contribution is 6.04. The number of anilines is 1. The number of benzene rings is 3. The Morgan fingerprint density at radius 2 is 1.71 bits per heavy atom. The van der Waals surface area contributed by atoms with E-state index in [9.17, 15) is 4.79 Å². The van der Waals surface area contributed by atoms with E-state index in [1.165, 1.54) is 0 Å². The summed E-state index contributed by atoms with van der Waals surface area (Å²) in [6, 6.07) is 22.4. The Hall–Kier alpha value is -3.55. The maximum atomic E-state index is 12.8. The molecule has 1 heterocycles. The van der Waals surface area contributed by atoms with E-state index in [2.05, 4.69) is 10.2 Å². The standard InChI is InChI=1S/C27H30N2O5/c1-31-26-19-22(7-12-25(26)34-20-21-5-3-2-4-6-21)27(30)28-23-8-10-24(11-9-23)33-18-15-29-13-16-32-17-14-29/h2-12,19H,13-18,20H2,1H3,(H,28,30). The number of nitrogens with zero attached hydrogens (tertiary/aromatic N) is 1. The fourth-order valence-electron chi connectivity index (χ4n) is 3.62. The minimum absolute atomic E-state index is 0.228. The first-order chi connectivity index (χ1) is 16.7. The summed E-state index contributed by atoms with van der Waals surface area (Å²) in [6.45, 7) is 5.36. The molecule has 0 saturated carbocycles. The van der Waals surface area contributed by atoms with Gasteiger partial charge in [0.1, 0.15) is 19.0 Å². The van der Waals surface area contributed by atoms with Crippen LogP contribution in [-0.4, -0.2) is 57.4 Å². The number of hydrogen-bond donors (Lipinski definition) is 1. The molecule has 7 nitrogen and oxygen atoms in total. The lowest BCUT2D eigenvalue weighted by atomic mass is 10.1. The van der Waals surface area contributed by atoms with Gasteiger partial charge in [0.25, 0.3) is 5.91 Å². The molecule has 7 heteroatoms. The van der Waals surface area contributed by atoms with E-state index in [1.807, 2.05) is 54.6 Å². The van der Waals surface area contributed by atoms with Crippen LogP contribution in [0, 0.1) is 0 Å². The lowest BCUT2D eigenvalue weighted by molar-refractivity contribution is 0.0322. The maximum Gasteiger partial charge on any atom is 0.255 e. The predicted molar refractivity (Wildman–Crippen MR) is 131 cm³/mol. The van der Waals surface area contributed by atoms with E-state index < -0.39 is 0 Å². The quantitative estimate of drug-likeness (QED) is 0.486. The van der Waals surface area contributed by atoms with E-state index >= 15 is 0 Å². The second kappa shape index (κ2) is 12.1. The van der Waals surface area contributed by atoms with Crippen molar-refractivity contribution in [3.8, 4) is 17.2 Å². The summed E-state index contributed by atoms with van der Waals surface area (Å²) in [5, 5.41) is 2.91. The average molecular weight is 463 g/mol. The van der Waals surface area contributed by atoms with Crippen LogP contribution >= 0.6 is 0 Å². The van der Waals surface area contributed by atoms with Gasteiger partial charge < -0.3 is 24.3 Å². The number of ether oxygens (including phenoxy) is 4. The highest BCUT2D eigenvalue weighted by atomic mass is 16.5. The van der Waals surface area contributed by atoms with Crippen molar-refractivity contribution in [1.82, 2.24) is 4.90 Å². The van der Waals surface area contributed by atoms with Gasteiger partial charge in [0, 0.05) is 30.9 Å². The molecule has 4 rings (SSSR count). The van der Waals surface area contributed by atoms with Gasteiger partial charge in [0.05, 0.1) is 20.3 Å². The van der Waals surface area contributed by atoms with Crippen LogP contribution in [0.5, 0.6) is 17.2 Å². The third-order valence-electron chi connectivity index (χ3n) is 5.56. The summed E-state index contributed by atoms with van der Waals surface area (Å²) in [5.41, 5.74) is 2.23. The van der Waals surface area contributed by atoms with E-state index in [-0.39, 0.29) is 5.91 Å². The van der Waals surface area contributed by atoms with Gasteiger partial charge in [-0.3, -0.25) is 9.69 Å². The molecular formula is C27H30N2O5. The maximum absolute atomic E-state index is 12.8. The van der Waals surface area contributed by atoms with E-state index in [4.69, 9.17) is 18.9 Å². The van der Waals surface area contributed by atoms with Crippen LogP contribution in [0.3, 0.4) is 0 Å². The Labute approximate surface area is 200 Å². The Kier molecular flexibility index (Phi) is 8.38. The van der Waals surface area contributed by atoms with Gasteiger partial charge in [-0.25, -0.2) is 0 Å². The number of hydrogen-bond acceptors (Lipinski definition) is 6. The van der Waals surface area contributed by atoms with Crippen molar-refractivity contribution in [2.75, 3.05) is 51.9 Å². The fourth-order valence-corrected chi connectivity index (χ4v) is 3.62. The molecule has 1 aliphatic rings. The molecule has 3 aromatic rings. The lowest BCUT2D eigenvalue weighted by Gasteiger charge is -2.26. The van der Waals surface area contributed by atoms with Gasteiger partial charge in [-0.15, -0.1) is 0 Å². The number of carbonyl (C=O) groups is 1. The Balaban J connectivity index is 1.29. The first kappa shape index (κ1) is 23.6. The molecule has 1 aliphatic heterocycles. The predicted octanol–water partition coefficient (Wildman–Crippen LogP) is 4.24. The largest absolute Gasteiger partial charge is 0.493 e. The lowest BCUT2D eigenvalue weighted by Crippen LogP contribution is -2.38. The Morgan fingerprint density at radius 1 is 0.941 bits per heavy atom. The second-order valence-corrected chi connectivity index (χ2v) is 7.92. The van der Waals surface area contributed by atoms with Crippen molar-refractivity contribution >= 4 is 11.6 Å². The van der Waals surface area contributed by atoms with Gasteiger partial charge in [0.15, 0.2) is 11.5 Å². The van der Waals surface area contributed by atoms with Gasteiger partial charge >= 0.3 is 0 Å². The zero-order chi connectivity index (χ0) is 23.6. The summed E-state index contributed by atoms with van der Waals surface area (Å²) < 4.78 is 22.5. The summed E-state index contributed by atoms with van der Waals surface area (Å²) in [7, 11) is 1.56. The van der Waals surface area contributed by atoms with Gasteiger partial charge in [-0.05, 0) is 48.0 Å². The molecule has 0 aliphatic carbocycles. The number of carbonyl (C=O) groups excluding carboxylic acids is 1. The zero-order valence-corrected chi connectivity index (χ0v) is 19.4. The van der Waals surface area contributed by atoms with Crippen molar-refractivity contribution in [3.05, 3.63) is 83.9 Å². The van der Waals surface area contributed by atoms with Gasteiger partial charge in [-0.1, -0.05) is 30.3 Å². The average Bonchev–Trinajstić information content (AvgIpc) is 2.89. The van der Waals surface area contributed by atoms with E-state index in [1.54, 1.807) is 25.3 Å². The smallest absolute Gasteiger partial charge is 0.255 e. The van der Waals surface area contributed by atoms with Crippen LogP contribution in [0.1, 0.15) is 15.9 Å². The first-order valence-corrected chi connectivity index (χ1v) is 11.4. The molecule has 1 amide bonds. The van der Waals surface area contributed by atoms with Gasteiger partial charge in [0.2, 0.25) is 0 Å². The van der Waals surface area contributed by atoms with Crippen molar-refractivity contribution in [2.45, 2.75) is 6.61 Å². The third-order valence-corrected chi connectivity index (χ3v) is 5.56. The molecule has 0 atom stereocenters. The van der Waals surface area contributed by atoms with Crippen LogP contribution in [0.25, 0.3) is 0 Å². The molecule has 0 unspecified atom stereocenters. The summed E-state index contributed by atoms with van der Waals surface area (Å²) >= 11 is 0. The van der Waals surface area contributed by atoms with Crippen LogP contribution in [0.2, 0.25) is 0 Å². The number of methoxy groups -OCH3 is 1. The highest BCUT2D eigenvalue weighted by Gasteiger charge is 2.13. The molecule has 0 bridgehead atoms. The Morgan fingerprint density at radius 3 is 2.44 bits per heavy atom. The summed E-state index contributed by atoms with van der Waals surface area (Å²) in [6.07, 6.45) is 0. The van der Waals surface area contributed by atoms with Crippen LogP contribution in [-0.2, 0) is 11.3 Å². The highest BCUT2D eigenvalue weighted by Crippen LogP contribution is 2.29. The molecule has 178 valence electrons. The molecular weight excluding hydrogens is 432 g/mol. The molecule has 34 heavy (non-hydrogen) atoms. The van der Waals surface area contributed by atoms with Crippen molar-refractivity contribution in [3.63, 3.8) is 0 Å². The molecule has 1 N–H and O–H groups in total. The number of rotatable bonds is 10. The van der Waals surface area contributed by atoms with E-state index in [0.717, 1.165) is 44.2 Å². The number of amides is 1. The van der Waals surface area contributed by atoms with Crippen molar-refractivity contribution in [1.29, 1.82) is 0 Å². The monoisotopic (exact) mass is 462 g/mol. The molecule has 0 radical (unpaired) electrons. The van der Waals surface area contributed by atoms with Crippen molar-refractivity contribution in [2.24, 2.45) is 0 Å². The second-order valence-electron chi connectivity index (χ2n) is 7.92. The molecule has 0 aromatic heterocycles. The summed E-state index contributed by atoms with van der Waals surface area (Å²) in [5.74, 6) is 1.64. The molecule has 3 aromatic carbocycles. The van der Waals surface area contributed by atoms with E-state index in [0.29, 0.717) is 36.0 Å². The number of nitrogens with one attached hydrogen (secondary N) is 1. The first-order valence-electron chi connectivity index (χ1n) is 11.4. The van der Waals surface area contributed by atoms with Crippen LogP contribution < -0.4 is 19.5 Å². The van der Waals surface area contributed by atoms with Crippen LogP contribution in [0.4, 0.5) is 5.69 Å². The SMILES string of the molecule is COc1cc(C(=O)Nc2ccc(OCCN3CCOCC3)cc2)ccc1OCc1ccccc1. The van der Waals surface area contributed by atoms with Crippen LogP contribution in [0.15, 0.2) is 72.8 Å². The normalized spacial score (nSPS) is 13.8. The zero-order valence-electron chi connectivity index (χ0n) is 19.4.